The number of hydrogen-bond acceptors (Lipinski definition) is 4. The van der Waals surface area contributed by atoms with Crippen LogP contribution in [0, 0.1) is 15.9 Å². The van der Waals surface area contributed by atoms with Gasteiger partial charge in [0.15, 0.2) is 0 Å². The minimum absolute atomic E-state index is 0.00256. The summed E-state index contributed by atoms with van der Waals surface area (Å²) in [5, 5.41) is 19.6. The van der Waals surface area contributed by atoms with Crippen molar-refractivity contribution < 1.29 is 19.2 Å². The summed E-state index contributed by atoms with van der Waals surface area (Å²) in [6.07, 6.45) is -0.178. The summed E-state index contributed by atoms with van der Waals surface area (Å²) >= 11 is 2.89. The fourth-order valence-corrected chi connectivity index (χ4v) is 1.94. The molecule has 0 aliphatic carbocycles. The molecule has 8 heteroatoms. The minimum atomic E-state index is -1.02. The average molecular weight is 335 g/mol. The van der Waals surface area contributed by atoms with Crippen LogP contribution in [-0.2, 0) is 4.79 Å². The lowest BCUT2D eigenvalue weighted by molar-refractivity contribution is -0.384. The van der Waals surface area contributed by atoms with E-state index < -0.39 is 16.7 Å². The summed E-state index contributed by atoms with van der Waals surface area (Å²) in [5.74, 6) is -1.65. The molecule has 1 aromatic rings. The summed E-state index contributed by atoms with van der Waals surface area (Å²) in [6.45, 7) is 2.13. The van der Waals surface area contributed by atoms with Crippen LogP contribution in [0.1, 0.15) is 13.3 Å². The van der Waals surface area contributed by atoms with Crippen LogP contribution in [0.4, 0.5) is 15.8 Å². The van der Waals surface area contributed by atoms with Gasteiger partial charge in [0.05, 0.1) is 15.8 Å². The number of anilines is 1. The second kappa shape index (κ2) is 6.46. The molecule has 104 valence electrons. The molecule has 0 unspecified atom stereocenters. The van der Waals surface area contributed by atoms with Gasteiger partial charge in [-0.25, -0.2) is 4.39 Å². The molecule has 0 atom stereocenters. The van der Waals surface area contributed by atoms with Crippen LogP contribution in [0.2, 0.25) is 0 Å². The van der Waals surface area contributed by atoms with Gasteiger partial charge in [-0.2, -0.15) is 0 Å². The van der Waals surface area contributed by atoms with Crippen molar-refractivity contribution in [2.24, 2.45) is 0 Å². The van der Waals surface area contributed by atoms with Gasteiger partial charge in [-0.05, 0) is 22.9 Å². The molecule has 0 spiro atoms. The molecule has 0 saturated carbocycles. The van der Waals surface area contributed by atoms with E-state index in [2.05, 4.69) is 15.9 Å². The molecule has 0 saturated heterocycles. The largest absolute Gasteiger partial charge is 0.481 e. The smallest absolute Gasteiger partial charge is 0.305 e. The Bertz CT molecular complexity index is 510. The van der Waals surface area contributed by atoms with Crippen LogP contribution in [-0.4, -0.2) is 29.1 Å². The van der Waals surface area contributed by atoms with Crippen LogP contribution >= 0.6 is 15.9 Å². The first-order valence-electron chi connectivity index (χ1n) is 5.47. The third kappa shape index (κ3) is 3.88. The number of aliphatic carboxylic acids is 1. The molecule has 1 aromatic carbocycles. The van der Waals surface area contributed by atoms with Crippen molar-refractivity contribution in [1.82, 2.24) is 0 Å². The molecule has 0 aliphatic heterocycles. The van der Waals surface area contributed by atoms with Gasteiger partial charge in [0, 0.05) is 25.2 Å². The van der Waals surface area contributed by atoms with Gasteiger partial charge in [0.1, 0.15) is 11.5 Å². The van der Waals surface area contributed by atoms with Gasteiger partial charge in [-0.15, -0.1) is 0 Å². The van der Waals surface area contributed by atoms with E-state index in [1.165, 1.54) is 4.90 Å². The molecule has 1 N–H and O–H groups in total. The first kappa shape index (κ1) is 15.4. The van der Waals surface area contributed by atoms with E-state index in [0.717, 1.165) is 12.1 Å². The summed E-state index contributed by atoms with van der Waals surface area (Å²) in [4.78, 5) is 22.3. The third-order valence-corrected chi connectivity index (χ3v) is 3.14. The van der Waals surface area contributed by atoms with Crippen molar-refractivity contribution in [3.05, 3.63) is 32.5 Å². The lowest BCUT2D eigenvalue weighted by atomic mass is 10.2. The van der Waals surface area contributed by atoms with E-state index in [4.69, 9.17) is 5.11 Å². The molecule has 0 fully saturated rings. The Hall–Kier alpha value is -1.70. The Morgan fingerprint density at radius 3 is 2.68 bits per heavy atom. The van der Waals surface area contributed by atoms with Crippen LogP contribution in [0.5, 0.6) is 0 Å². The monoisotopic (exact) mass is 334 g/mol. The Labute approximate surface area is 117 Å². The molecule has 6 nitrogen and oxygen atoms in total. The topological polar surface area (TPSA) is 83.7 Å². The fourth-order valence-electron chi connectivity index (χ4n) is 1.60. The molecular formula is C11H12BrFN2O4. The van der Waals surface area contributed by atoms with Crippen LogP contribution in [0.25, 0.3) is 0 Å². The first-order chi connectivity index (χ1) is 8.86. The predicted octanol–water partition coefficient (Wildman–Crippen LogP) is 2.80. The number of benzene rings is 1. The van der Waals surface area contributed by atoms with Gasteiger partial charge in [0.2, 0.25) is 0 Å². The van der Waals surface area contributed by atoms with E-state index in [0.29, 0.717) is 6.54 Å². The molecule has 19 heavy (non-hydrogen) atoms. The lowest BCUT2D eigenvalue weighted by Crippen LogP contribution is -2.26. The fraction of sp³-hybridized carbons (Fsp3) is 0.364. The molecule has 1 rings (SSSR count). The highest BCUT2D eigenvalue weighted by Crippen LogP contribution is 2.33. The molecule has 0 bridgehead atoms. The van der Waals surface area contributed by atoms with Crippen LogP contribution in [0.3, 0.4) is 0 Å². The van der Waals surface area contributed by atoms with Crippen molar-refractivity contribution in [3.63, 3.8) is 0 Å². The zero-order chi connectivity index (χ0) is 14.6. The average Bonchev–Trinajstić information content (AvgIpc) is 2.33. The van der Waals surface area contributed by atoms with Crippen molar-refractivity contribution in [2.75, 3.05) is 18.0 Å². The number of carboxylic acids is 1. The van der Waals surface area contributed by atoms with E-state index in [9.17, 15) is 19.3 Å². The second-order valence-electron chi connectivity index (χ2n) is 3.74. The minimum Gasteiger partial charge on any atom is -0.481 e. The van der Waals surface area contributed by atoms with Gasteiger partial charge in [-0.3, -0.25) is 14.9 Å². The maximum atomic E-state index is 13.5. The number of halogens is 2. The molecule has 0 aliphatic rings. The zero-order valence-corrected chi connectivity index (χ0v) is 11.7. The van der Waals surface area contributed by atoms with E-state index >= 15 is 0 Å². The van der Waals surface area contributed by atoms with Gasteiger partial charge in [-0.1, -0.05) is 0 Å². The SMILES string of the molecule is CCN(CCC(=O)O)c1cc(F)c(Br)cc1[N+](=O)[O-]. The Morgan fingerprint density at radius 2 is 2.21 bits per heavy atom. The van der Waals surface area contributed by atoms with Crippen molar-refractivity contribution in [1.29, 1.82) is 0 Å². The standard InChI is InChI=1S/C11H12BrFN2O4/c1-2-14(4-3-11(16)17)9-6-8(13)7(12)5-10(9)15(18)19/h5-6H,2-4H2,1H3,(H,16,17). The Morgan fingerprint density at radius 1 is 1.58 bits per heavy atom. The number of nitrogens with zero attached hydrogens (tertiary/aromatic N) is 2. The molecular weight excluding hydrogens is 323 g/mol. The van der Waals surface area contributed by atoms with Gasteiger partial charge >= 0.3 is 5.97 Å². The second-order valence-corrected chi connectivity index (χ2v) is 4.59. The lowest BCUT2D eigenvalue weighted by Gasteiger charge is -2.22. The first-order valence-corrected chi connectivity index (χ1v) is 6.26. The normalized spacial score (nSPS) is 10.3. The maximum Gasteiger partial charge on any atom is 0.305 e. The van der Waals surface area contributed by atoms with Crippen molar-refractivity contribution >= 4 is 33.3 Å². The number of carbonyl (C=O) groups is 1. The summed E-state index contributed by atoms with van der Waals surface area (Å²) in [6, 6.07) is 2.11. The van der Waals surface area contributed by atoms with Crippen LogP contribution in [0.15, 0.2) is 16.6 Å². The number of nitro groups is 1. The Kier molecular flexibility index (Phi) is 5.22. The van der Waals surface area contributed by atoms with Crippen molar-refractivity contribution in [2.45, 2.75) is 13.3 Å². The van der Waals surface area contributed by atoms with E-state index in [-0.39, 0.29) is 28.8 Å². The summed E-state index contributed by atoms with van der Waals surface area (Å²) < 4.78 is 13.5. The number of hydrogen-bond donors (Lipinski definition) is 1. The number of carboxylic acid groups (broad SMARTS) is 1. The number of nitro benzene ring substituents is 1. The highest BCUT2D eigenvalue weighted by atomic mass is 79.9. The zero-order valence-electron chi connectivity index (χ0n) is 10.1. The summed E-state index contributed by atoms with van der Waals surface area (Å²) in [5.41, 5.74) is -0.185. The highest BCUT2D eigenvalue weighted by molar-refractivity contribution is 9.10. The van der Waals surface area contributed by atoms with E-state index in [1.54, 1.807) is 6.92 Å². The van der Waals surface area contributed by atoms with E-state index in [1.807, 2.05) is 0 Å². The van der Waals surface area contributed by atoms with Crippen molar-refractivity contribution in [3.8, 4) is 0 Å². The van der Waals surface area contributed by atoms with Gasteiger partial charge < -0.3 is 10.0 Å². The highest BCUT2D eigenvalue weighted by Gasteiger charge is 2.22. The van der Waals surface area contributed by atoms with Gasteiger partial charge in [0.25, 0.3) is 5.69 Å². The molecule has 0 radical (unpaired) electrons. The summed E-state index contributed by atoms with van der Waals surface area (Å²) in [7, 11) is 0. The molecule has 0 amide bonds. The maximum absolute atomic E-state index is 13.5. The quantitative estimate of drug-likeness (QED) is 0.638. The van der Waals surface area contributed by atoms with Crippen LogP contribution < -0.4 is 4.90 Å². The molecule has 0 heterocycles. The number of rotatable bonds is 6. The molecule has 0 aromatic heterocycles. The predicted molar refractivity (Wildman–Crippen MR) is 70.9 cm³/mol. The third-order valence-electron chi connectivity index (χ3n) is 2.53. The Balaban J connectivity index is 3.17.